The van der Waals surface area contributed by atoms with Crippen molar-refractivity contribution in [3.05, 3.63) is 12.3 Å². The minimum Gasteiger partial charge on any atom is -0.460 e. The van der Waals surface area contributed by atoms with Gasteiger partial charge in [0.25, 0.3) is 0 Å². The van der Waals surface area contributed by atoms with Gasteiger partial charge in [0.1, 0.15) is 0 Å². The average molecular weight is 200 g/mol. The van der Waals surface area contributed by atoms with Gasteiger partial charge in [0.15, 0.2) is 12.0 Å². The summed E-state index contributed by atoms with van der Waals surface area (Å²) in [4.78, 5) is 11.1. The Morgan fingerprint density at radius 3 is 2.93 bits per heavy atom. The molecular formula is C10H16O4. The average Bonchev–Trinajstić information content (AvgIpc) is 2.19. The Kier molecular flexibility index (Phi) is 4.46. The van der Waals surface area contributed by atoms with Gasteiger partial charge >= 0.3 is 5.97 Å². The fourth-order valence-corrected chi connectivity index (χ4v) is 1.22. The van der Waals surface area contributed by atoms with Gasteiger partial charge in [0.05, 0.1) is 13.2 Å². The molecule has 1 fully saturated rings. The third-order valence-electron chi connectivity index (χ3n) is 1.91. The number of rotatable bonds is 4. The Morgan fingerprint density at radius 1 is 1.57 bits per heavy atom. The zero-order valence-corrected chi connectivity index (χ0v) is 8.45. The molecule has 0 N–H and O–H groups in total. The molecule has 1 unspecified atom stereocenters. The van der Waals surface area contributed by atoms with Gasteiger partial charge in [-0.3, -0.25) is 0 Å². The molecule has 0 bridgehead atoms. The first-order valence-electron chi connectivity index (χ1n) is 4.88. The molecule has 4 nitrogen and oxygen atoms in total. The highest BCUT2D eigenvalue weighted by atomic mass is 16.7. The van der Waals surface area contributed by atoms with E-state index in [1.54, 1.807) is 6.92 Å². The van der Waals surface area contributed by atoms with Crippen LogP contribution in [-0.4, -0.2) is 25.5 Å². The second-order valence-electron chi connectivity index (χ2n) is 3.06. The predicted octanol–water partition coefficient (Wildman–Crippen LogP) is 1.61. The van der Waals surface area contributed by atoms with E-state index >= 15 is 0 Å². The standard InChI is InChI=1S/C10H16O4/c1-3-12-10(11)8(2)14-9-6-4-5-7-13-9/h9H,2-7H2,1H3. The molecule has 14 heavy (non-hydrogen) atoms. The van der Waals surface area contributed by atoms with Crippen molar-refractivity contribution >= 4 is 5.97 Å². The van der Waals surface area contributed by atoms with Crippen LogP contribution in [0.4, 0.5) is 0 Å². The molecule has 0 saturated carbocycles. The molecule has 1 aliphatic rings. The lowest BCUT2D eigenvalue weighted by atomic mass is 10.2. The van der Waals surface area contributed by atoms with Gasteiger partial charge < -0.3 is 14.2 Å². The Morgan fingerprint density at radius 2 is 2.36 bits per heavy atom. The molecule has 1 rings (SSSR count). The van der Waals surface area contributed by atoms with Crippen LogP contribution in [0.1, 0.15) is 26.2 Å². The van der Waals surface area contributed by atoms with Crippen LogP contribution in [0.2, 0.25) is 0 Å². The Labute approximate surface area is 83.8 Å². The molecule has 0 aromatic rings. The number of ether oxygens (including phenoxy) is 3. The molecule has 0 aromatic carbocycles. The van der Waals surface area contributed by atoms with Crippen LogP contribution < -0.4 is 0 Å². The van der Waals surface area contributed by atoms with E-state index in [1.165, 1.54) is 0 Å². The van der Waals surface area contributed by atoms with Gasteiger partial charge in [-0.25, -0.2) is 4.79 Å². The molecule has 0 radical (unpaired) electrons. The molecule has 0 amide bonds. The molecule has 0 spiro atoms. The van der Waals surface area contributed by atoms with E-state index in [2.05, 4.69) is 6.58 Å². The van der Waals surface area contributed by atoms with Gasteiger partial charge in [0, 0.05) is 6.42 Å². The highest BCUT2D eigenvalue weighted by Crippen LogP contribution is 2.16. The summed E-state index contributed by atoms with van der Waals surface area (Å²) in [5, 5.41) is 0. The second-order valence-corrected chi connectivity index (χ2v) is 3.06. The molecule has 1 atom stereocenters. The summed E-state index contributed by atoms with van der Waals surface area (Å²) >= 11 is 0. The number of esters is 1. The fourth-order valence-electron chi connectivity index (χ4n) is 1.22. The zero-order valence-electron chi connectivity index (χ0n) is 8.45. The highest BCUT2D eigenvalue weighted by Gasteiger charge is 2.19. The first-order chi connectivity index (χ1) is 6.74. The van der Waals surface area contributed by atoms with Crippen molar-refractivity contribution in [1.82, 2.24) is 0 Å². The third-order valence-corrected chi connectivity index (χ3v) is 1.91. The van der Waals surface area contributed by atoms with Gasteiger partial charge in [-0.05, 0) is 26.3 Å². The lowest BCUT2D eigenvalue weighted by Gasteiger charge is -2.23. The predicted molar refractivity (Wildman–Crippen MR) is 50.4 cm³/mol. The van der Waals surface area contributed by atoms with Crippen LogP contribution >= 0.6 is 0 Å². The molecule has 1 saturated heterocycles. The molecule has 0 aliphatic carbocycles. The van der Waals surface area contributed by atoms with Crippen molar-refractivity contribution in [3.63, 3.8) is 0 Å². The molecular weight excluding hydrogens is 184 g/mol. The summed E-state index contributed by atoms with van der Waals surface area (Å²) in [6.45, 7) is 6.24. The van der Waals surface area contributed by atoms with Crippen molar-refractivity contribution < 1.29 is 19.0 Å². The van der Waals surface area contributed by atoms with Crippen molar-refractivity contribution in [2.24, 2.45) is 0 Å². The van der Waals surface area contributed by atoms with Gasteiger partial charge in [0.2, 0.25) is 0 Å². The van der Waals surface area contributed by atoms with Crippen LogP contribution in [0.5, 0.6) is 0 Å². The van der Waals surface area contributed by atoms with Crippen molar-refractivity contribution in [1.29, 1.82) is 0 Å². The van der Waals surface area contributed by atoms with Gasteiger partial charge in [-0.1, -0.05) is 0 Å². The maximum absolute atomic E-state index is 11.1. The van der Waals surface area contributed by atoms with Crippen LogP contribution in [0.25, 0.3) is 0 Å². The summed E-state index contributed by atoms with van der Waals surface area (Å²) in [7, 11) is 0. The van der Waals surface area contributed by atoms with E-state index in [4.69, 9.17) is 14.2 Å². The third kappa shape index (κ3) is 3.38. The lowest BCUT2D eigenvalue weighted by molar-refractivity contribution is -0.163. The Bertz CT molecular complexity index is 206. The molecule has 0 aromatic heterocycles. The zero-order chi connectivity index (χ0) is 10.4. The van der Waals surface area contributed by atoms with E-state index < -0.39 is 5.97 Å². The molecule has 1 aliphatic heterocycles. The minimum atomic E-state index is -0.512. The molecule has 1 heterocycles. The summed E-state index contributed by atoms with van der Waals surface area (Å²) in [6, 6.07) is 0. The maximum Gasteiger partial charge on any atom is 0.373 e. The van der Waals surface area contributed by atoms with Crippen molar-refractivity contribution in [2.75, 3.05) is 13.2 Å². The summed E-state index contributed by atoms with van der Waals surface area (Å²) < 4.78 is 15.2. The quantitative estimate of drug-likeness (QED) is 0.393. The van der Waals surface area contributed by atoms with E-state index in [9.17, 15) is 4.79 Å². The van der Waals surface area contributed by atoms with E-state index in [0.717, 1.165) is 19.3 Å². The second kappa shape index (κ2) is 5.65. The topological polar surface area (TPSA) is 44.8 Å². The summed E-state index contributed by atoms with van der Waals surface area (Å²) in [6.07, 6.45) is 2.57. The van der Waals surface area contributed by atoms with Crippen LogP contribution in [0.3, 0.4) is 0 Å². The first kappa shape index (κ1) is 11.0. The maximum atomic E-state index is 11.1. The normalized spacial score (nSPS) is 21.4. The smallest absolute Gasteiger partial charge is 0.373 e. The Balaban J connectivity index is 2.28. The van der Waals surface area contributed by atoms with E-state index in [-0.39, 0.29) is 12.0 Å². The number of hydrogen-bond acceptors (Lipinski definition) is 4. The summed E-state index contributed by atoms with van der Waals surface area (Å²) in [5.41, 5.74) is 0. The first-order valence-corrected chi connectivity index (χ1v) is 4.88. The van der Waals surface area contributed by atoms with E-state index in [1.807, 2.05) is 0 Å². The largest absolute Gasteiger partial charge is 0.460 e. The van der Waals surface area contributed by atoms with Crippen molar-refractivity contribution in [3.8, 4) is 0 Å². The monoisotopic (exact) mass is 200 g/mol. The van der Waals surface area contributed by atoms with Crippen LogP contribution in [-0.2, 0) is 19.0 Å². The van der Waals surface area contributed by atoms with Crippen molar-refractivity contribution in [2.45, 2.75) is 32.5 Å². The molecule has 4 heteroatoms. The molecule has 80 valence electrons. The number of hydrogen-bond donors (Lipinski definition) is 0. The van der Waals surface area contributed by atoms with E-state index in [0.29, 0.717) is 13.2 Å². The Hall–Kier alpha value is -1.03. The minimum absolute atomic E-state index is 0.0266. The van der Waals surface area contributed by atoms with Crippen LogP contribution in [0.15, 0.2) is 12.3 Å². The SMILES string of the molecule is C=C(OC1CCCCO1)C(=O)OCC. The highest BCUT2D eigenvalue weighted by molar-refractivity contribution is 5.85. The van der Waals surface area contributed by atoms with Gasteiger partial charge in [-0.2, -0.15) is 0 Å². The lowest BCUT2D eigenvalue weighted by Crippen LogP contribution is -2.24. The number of carbonyl (C=O) groups excluding carboxylic acids is 1. The van der Waals surface area contributed by atoms with Gasteiger partial charge in [-0.15, -0.1) is 0 Å². The fraction of sp³-hybridized carbons (Fsp3) is 0.700. The number of carbonyl (C=O) groups is 1. The summed E-state index contributed by atoms with van der Waals surface area (Å²) in [5.74, 6) is -0.486. The van der Waals surface area contributed by atoms with Crippen LogP contribution in [0, 0.1) is 0 Å².